The average Bonchev–Trinajstić information content (AvgIpc) is 2.28. The molecule has 0 aliphatic rings. The fraction of sp³-hybridized carbons (Fsp3) is 0.100. The van der Waals surface area contributed by atoms with Crippen LogP contribution in [0.5, 0.6) is 0 Å². The Labute approximate surface area is 99.5 Å². The zero-order valence-electron chi connectivity index (χ0n) is 8.86. The van der Waals surface area contributed by atoms with Gasteiger partial charge in [-0.25, -0.2) is 5.43 Å². The van der Waals surface area contributed by atoms with Gasteiger partial charge in [-0.3, -0.25) is 9.59 Å². The number of nitrogens with one attached hydrogen (secondary N) is 1. The monoisotopic (exact) mass is 259 g/mol. The largest absolute Gasteiger partial charge is 0.416 e. The van der Waals surface area contributed by atoms with Gasteiger partial charge >= 0.3 is 18.0 Å². The number of carbonyl (C=O) groups excluding carboxylic acids is 2. The molecule has 5 nitrogen and oxygen atoms in total. The minimum absolute atomic E-state index is 0.327. The molecule has 0 aromatic heterocycles. The zero-order valence-corrected chi connectivity index (χ0v) is 8.86. The lowest BCUT2D eigenvalue weighted by atomic mass is 10.1. The fourth-order valence-corrected chi connectivity index (χ4v) is 0.979. The normalized spacial score (nSPS) is 11.5. The van der Waals surface area contributed by atoms with E-state index < -0.39 is 23.6 Å². The molecule has 96 valence electrons. The van der Waals surface area contributed by atoms with E-state index in [1.165, 1.54) is 12.1 Å². The molecule has 1 rings (SSSR count). The van der Waals surface area contributed by atoms with E-state index in [1.54, 1.807) is 0 Å². The first kappa shape index (κ1) is 13.7. The van der Waals surface area contributed by atoms with Gasteiger partial charge in [-0.05, 0) is 17.7 Å². The first-order valence-electron chi connectivity index (χ1n) is 4.61. The highest BCUT2D eigenvalue weighted by Gasteiger charge is 2.29. The smallest absolute Gasteiger partial charge is 0.361 e. The van der Waals surface area contributed by atoms with Crippen LogP contribution in [-0.2, 0) is 15.8 Å². The molecule has 3 N–H and O–H groups in total. The molecular formula is C10H8F3N3O2. The van der Waals surface area contributed by atoms with E-state index in [1.807, 2.05) is 5.43 Å². The van der Waals surface area contributed by atoms with Gasteiger partial charge in [0.25, 0.3) is 0 Å². The third-order valence-corrected chi connectivity index (χ3v) is 1.84. The van der Waals surface area contributed by atoms with Crippen LogP contribution in [0, 0.1) is 0 Å². The molecule has 0 fully saturated rings. The predicted octanol–water partition coefficient (Wildman–Crippen LogP) is 0.641. The van der Waals surface area contributed by atoms with Gasteiger partial charge in [-0.1, -0.05) is 12.1 Å². The molecule has 0 spiro atoms. The van der Waals surface area contributed by atoms with Gasteiger partial charge in [0.05, 0.1) is 11.8 Å². The highest BCUT2D eigenvalue weighted by Crippen LogP contribution is 2.28. The van der Waals surface area contributed by atoms with E-state index in [4.69, 9.17) is 0 Å². The van der Waals surface area contributed by atoms with Crippen LogP contribution in [0.25, 0.3) is 0 Å². The first-order valence-corrected chi connectivity index (χ1v) is 4.61. The average molecular weight is 259 g/mol. The van der Waals surface area contributed by atoms with E-state index >= 15 is 0 Å². The summed E-state index contributed by atoms with van der Waals surface area (Å²) in [7, 11) is 0. The SMILES string of the molecule is NC(=O)C(=O)N/N=C/c1ccc(C(F)(F)F)cc1. The molecule has 0 saturated heterocycles. The van der Waals surface area contributed by atoms with Crippen LogP contribution in [0.4, 0.5) is 13.2 Å². The summed E-state index contributed by atoms with van der Waals surface area (Å²) in [5.41, 5.74) is 5.98. The van der Waals surface area contributed by atoms with Crippen LogP contribution in [0.2, 0.25) is 0 Å². The van der Waals surface area contributed by atoms with E-state index in [0.29, 0.717) is 5.56 Å². The van der Waals surface area contributed by atoms with Crippen molar-refractivity contribution in [1.82, 2.24) is 5.43 Å². The Kier molecular flexibility index (Phi) is 4.03. The quantitative estimate of drug-likeness (QED) is 0.464. The van der Waals surface area contributed by atoms with Crippen LogP contribution >= 0.6 is 0 Å². The maximum absolute atomic E-state index is 12.2. The van der Waals surface area contributed by atoms with Gasteiger partial charge in [0, 0.05) is 0 Å². The van der Waals surface area contributed by atoms with Crippen LogP contribution in [0.1, 0.15) is 11.1 Å². The number of benzene rings is 1. The standard InChI is InChI=1S/C10H8F3N3O2/c11-10(12,13)7-3-1-6(2-4-7)5-15-16-9(18)8(14)17/h1-5H,(H2,14,17)(H,16,18)/b15-5+. The minimum Gasteiger partial charge on any atom is -0.361 e. The van der Waals surface area contributed by atoms with E-state index in [0.717, 1.165) is 18.3 Å². The van der Waals surface area contributed by atoms with Crippen molar-refractivity contribution in [3.63, 3.8) is 0 Å². The molecule has 0 heterocycles. The van der Waals surface area contributed by atoms with Gasteiger partial charge in [0.15, 0.2) is 0 Å². The fourth-order valence-electron chi connectivity index (χ4n) is 0.979. The maximum atomic E-state index is 12.2. The third-order valence-electron chi connectivity index (χ3n) is 1.84. The van der Waals surface area contributed by atoms with Crippen molar-refractivity contribution in [3.05, 3.63) is 35.4 Å². The molecular weight excluding hydrogens is 251 g/mol. The molecule has 0 atom stereocenters. The number of carbonyl (C=O) groups is 2. The van der Waals surface area contributed by atoms with Crippen LogP contribution in [-0.4, -0.2) is 18.0 Å². The predicted molar refractivity (Wildman–Crippen MR) is 56.4 cm³/mol. The summed E-state index contributed by atoms with van der Waals surface area (Å²) in [6, 6.07) is 4.08. The summed E-state index contributed by atoms with van der Waals surface area (Å²) in [6.07, 6.45) is -3.32. The van der Waals surface area contributed by atoms with Crippen molar-refractivity contribution < 1.29 is 22.8 Å². The van der Waals surface area contributed by atoms with Gasteiger partial charge in [-0.15, -0.1) is 0 Å². The highest BCUT2D eigenvalue weighted by atomic mass is 19.4. The van der Waals surface area contributed by atoms with Crippen molar-refractivity contribution in [2.24, 2.45) is 10.8 Å². The molecule has 18 heavy (non-hydrogen) atoms. The summed E-state index contributed by atoms with van der Waals surface area (Å²) in [5, 5.41) is 3.35. The highest BCUT2D eigenvalue weighted by molar-refractivity contribution is 6.34. The number of rotatable bonds is 2. The van der Waals surface area contributed by atoms with Gasteiger partial charge in [0.2, 0.25) is 0 Å². The van der Waals surface area contributed by atoms with E-state index in [2.05, 4.69) is 10.8 Å². The molecule has 0 bridgehead atoms. The summed E-state index contributed by atoms with van der Waals surface area (Å²) < 4.78 is 36.7. The van der Waals surface area contributed by atoms with Crippen LogP contribution in [0.3, 0.4) is 0 Å². The molecule has 2 amide bonds. The topological polar surface area (TPSA) is 84.5 Å². The lowest BCUT2D eigenvalue weighted by Crippen LogP contribution is -2.32. The number of alkyl halides is 3. The Morgan fingerprint density at radius 1 is 1.22 bits per heavy atom. The molecule has 8 heteroatoms. The number of hydrazone groups is 1. The van der Waals surface area contributed by atoms with Gasteiger partial charge in [0.1, 0.15) is 0 Å². The second-order valence-corrected chi connectivity index (χ2v) is 3.18. The third kappa shape index (κ3) is 3.89. The molecule has 0 aliphatic carbocycles. The zero-order chi connectivity index (χ0) is 13.8. The number of hydrogen-bond acceptors (Lipinski definition) is 3. The minimum atomic E-state index is -4.41. The van der Waals surface area contributed by atoms with Crippen molar-refractivity contribution in [1.29, 1.82) is 0 Å². The Hall–Kier alpha value is -2.38. The van der Waals surface area contributed by atoms with Crippen LogP contribution in [0.15, 0.2) is 29.4 Å². The van der Waals surface area contributed by atoms with Gasteiger partial charge in [-0.2, -0.15) is 18.3 Å². The van der Waals surface area contributed by atoms with Crippen molar-refractivity contribution in [3.8, 4) is 0 Å². The van der Waals surface area contributed by atoms with Crippen LogP contribution < -0.4 is 11.2 Å². The second kappa shape index (κ2) is 5.30. The number of primary amides is 1. The lowest BCUT2D eigenvalue weighted by molar-refractivity contribution is -0.137. The molecule has 1 aromatic carbocycles. The summed E-state index contributed by atoms with van der Waals surface area (Å²) in [4.78, 5) is 21.0. The Balaban J connectivity index is 2.67. The molecule has 0 saturated carbocycles. The summed E-state index contributed by atoms with van der Waals surface area (Å²) >= 11 is 0. The van der Waals surface area contributed by atoms with E-state index in [-0.39, 0.29) is 0 Å². The second-order valence-electron chi connectivity index (χ2n) is 3.18. The van der Waals surface area contributed by atoms with Gasteiger partial charge < -0.3 is 5.73 Å². The molecule has 0 aliphatic heterocycles. The number of hydrogen-bond donors (Lipinski definition) is 2. The maximum Gasteiger partial charge on any atom is 0.416 e. The van der Waals surface area contributed by atoms with Crippen molar-refractivity contribution >= 4 is 18.0 Å². The lowest BCUT2D eigenvalue weighted by Gasteiger charge is -2.05. The number of amides is 2. The Morgan fingerprint density at radius 3 is 2.22 bits per heavy atom. The number of nitrogens with two attached hydrogens (primary N) is 1. The molecule has 0 unspecified atom stereocenters. The molecule has 0 radical (unpaired) electrons. The summed E-state index contributed by atoms with van der Waals surface area (Å²) in [5.74, 6) is -2.32. The first-order chi connectivity index (χ1) is 8.30. The Bertz CT molecular complexity index is 480. The Morgan fingerprint density at radius 2 is 1.78 bits per heavy atom. The number of nitrogens with zero attached hydrogens (tertiary/aromatic N) is 1. The van der Waals surface area contributed by atoms with E-state index in [9.17, 15) is 22.8 Å². The number of halogens is 3. The van der Waals surface area contributed by atoms with Crippen molar-refractivity contribution in [2.45, 2.75) is 6.18 Å². The molecule has 1 aromatic rings. The summed E-state index contributed by atoms with van der Waals surface area (Å²) in [6.45, 7) is 0. The van der Waals surface area contributed by atoms with Crippen molar-refractivity contribution in [2.75, 3.05) is 0 Å².